The maximum Gasteiger partial charge on any atom is 0.240 e. The number of fused-ring (bicyclic) bond motifs is 2. The van der Waals surface area contributed by atoms with Gasteiger partial charge in [-0.2, -0.15) is 0 Å². The van der Waals surface area contributed by atoms with Gasteiger partial charge in [0.05, 0.1) is 28.7 Å². The number of para-hydroxylation sites is 1. The fourth-order valence-corrected chi connectivity index (χ4v) is 5.05. The van der Waals surface area contributed by atoms with E-state index in [9.17, 15) is 18.0 Å². The van der Waals surface area contributed by atoms with Crippen molar-refractivity contribution in [1.29, 1.82) is 0 Å². The number of anilines is 4. The van der Waals surface area contributed by atoms with E-state index < -0.39 is 15.9 Å². The molecule has 1 heterocycles. The maximum atomic E-state index is 12.6. The first kappa shape index (κ1) is 25.1. The minimum Gasteiger partial charge on any atom is -0.354 e. The Kier molecular flexibility index (Phi) is 7.21. The minimum atomic E-state index is -3.76. The number of unbranched alkanes of at least 4 members (excludes halogenated alkanes) is 1. The van der Waals surface area contributed by atoms with Gasteiger partial charge in [0.15, 0.2) is 0 Å². The molecule has 0 saturated heterocycles. The molecule has 2 N–H and O–H groups in total. The van der Waals surface area contributed by atoms with E-state index in [2.05, 4.69) is 10.6 Å². The number of aromatic nitrogens is 1. The number of sulfonamides is 1. The van der Waals surface area contributed by atoms with Crippen LogP contribution in [0, 0.1) is 0 Å². The van der Waals surface area contributed by atoms with Gasteiger partial charge in [-0.05, 0) is 55.0 Å². The summed E-state index contributed by atoms with van der Waals surface area (Å²) in [6, 6.07) is 20.0. The molecular weight excluding hydrogens is 476 g/mol. The first-order valence-electron chi connectivity index (χ1n) is 11.7. The molecule has 0 atom stereocenters. The van der Waals surface area contributed by atoms with Crippen LogP contribution in [0.15, 0.2) is 66.7 Å². The normalized spacial score (nSPS) is 11.4. The van der Waals surface area contributed by atoms with E-state index >= 15 is 0 Å². The quantitative estimate of drug-likeness (QED) is 0.304. The summed E-state index contributed by atoms with van der Waals surface area (Å²) in [6.07, 6.45) is 2.62. The number of benzene rings is 3. The van der Waals surface area contributed by atoms with E-state index in [0.717, 1.165) is 44.6 Å². The Balaban J connectivity index is 1.73. The van der Waals surface area contributed by atoms with Crippen molar-refractivity contribution >= 4 is 66.4 Å². The van der Waals surface area contributed by atoms with Crippen LogP contribution >= 0.6 is 0 Å². The lowest BCUT2D eigenvalue weighted by Gasteiger charge is -2.21. The average molecular weight is 505 g/mol. The number of carbonyl (C=O) groups excluding carboxylic acids is 2. The zero-order valence-corrected chi connectivity index (χ0v) is 21.2. The highest BCUT2D eigenvalue weighted by Gasteiger charge is 2.24. The Morgan fingerprint density at radius 1 is 0.917 bits per heavy atom. The summed E-state index contributed by atoms with van der Waals surface area (Å²) in [6.45, 7) is 3.41. The molecular formula is C27H28N4O4S. The topological polar surface area (TPSA) is 108 Å². The molecule has 0 spiro atoms. The number of nitrogens with one attached hydrogen (secondary N) is 2. The third-order valence-corrected chi connectivity index (χ3v) is 6.75. The minimum absolute atomic E-state index is 0.162. The highest BCUT2D eigenvalue weighted by molar-refractivity contribution is 7.92. The van der Waals surface area contributed by atoms with Crippen LogP contribution in [0.2, 0.25) is 0 Å². The van der Waals surface area contributed by atoms with Gasteiger partial charge in [-0.15, -0.1) is 0 Å². The maximum absolute atomic E-state index is 12.6. The number of amides is 2. The van der Waals surface area contributed by atoms with Crippen molar-refractivity contribution in [1.82, 2.24) is 4.98 Å². The highest BCUT2D eigenvalue weighted by Crippen LogP contribution is 2.35. The van der Waals surface area contributed by atoms with Crippen molar-refractivity contribution in [3.05, 3.63) is 66.7 Å². The number of rotatable bonds is 8. The lowest BCUT2D eigenvalue weighted by atomic mass is 10.1. The Labute approximate surface area is 210 Å². The Morgan fingerprint density at radius 2 is 1.58 bits per heavy atom. The van der Waals surface area contributed by atoms with Crippen LogP contribution in [0.1, 0.15) is 33.1 Å². The molecule has 4 aromatic rings. The summed E-state index contributed by atoms with van der Waals surface area (Å²) in [4.78, 5) is 28.9. The third kappa shape index (κ3) is 5.46. The van der Waals surface area contributed by atoms with Gasteiger partial charge in [-0.1, -0.05) is 31.5 Å². The lowest BCUT2D eigenvalue weighted by molar-refractivity contribution is -0.117. The summed E-state index contributed by atoms with van der Waals surface area (Å²) in [5.74, 6) is -0.606. The molecule has 0 aliphatic heterocycles. The lowest BCUT2D eigenvalue weighted by Crippen LogP contribution is -2.35. The summed E-state index contributed by atoms with van der Waals surface area (Å²) in [7, 11) is -3.76. The van der Waals surface area contributed by atoms with Gasteiger partial charge in [-0.25, -0.2) is 17.7 Å². The van der Waals surface area contributed by atoms with Crippen LogP contribution in [0.25, 0.3) is 21.8 Å². The second kappa shape index (κ2) is 10.3. The van der Waals surface area contributed by atoms with E-state index in [4.69, 9.17) is 4.98 Å². The number of pyridine rings is 1. The van der Waals surface area contributed by atoms with Crippen molar-refractivity contribution in [3.8, 4) is 0 Å². The molecule has 0 unspecified atom stereocenters. The summed E-state index contributed by atoms with van der Waals surface area (Å²) in [5.41, 5.74) is 4.00. The average Bonchev–Trinajstić information content (AvgIpc) is 2.82. The standard InChI is InChI=1S/C27H28N4O4S/c1-4-5-10-26(33)31(36(3,34)35)21-14-11-19(12-15-21)29-27-22-8-6-7-9-24(22)30-25-17-20(28-18(2)32)13-16-23(25)27/h6-9,11-17H,4-5,10H2,1-3H3,(H,28,32)(H,29,30). The van der Waals surface area contributed by atoms with Crippen LogP contribution in [0.3, 0.4) is 0 Å². The van der Waals surface area contributed by atoms with Crippen molar-refractivity contribution in [2.24, 2.45) is 0 Å². The molecule has 0 bridgehead atoms. The number of hydrogen-bond acceptors (Lipinski definition) is 6. The zero-order chi connectivity index (χ0) is 25.9. The van der Waals surface area contributed by atoms with Crippen molar-refractivity contribution in [3.63, 3.8) is 0 Å². The Bertz CT molecular complexity index is 1550. The predicted octanol–water partition coefficient (Wildman–Crippen LogP) is 5.57. The van der Waals surface area contributed by atoms with Crippen molar-refractivity contribution in [2.45, 2.75) is 33.1 Å². The van der Waals surface area contributed by atoms with Crippen molar-refractivity contribution < 1.29 is 18.0 Å². The number of carbonyl (C=O) groups is 2. The first-order chi connectivity index (χ1) is 17.2. The van der Waals surface area contributed by atoms with Gasteiger partial charge in [-0.3, -0.25) is 9.59 Å². The molecule has 3 aromatic carbocycles. The fraction of sp³-hybridized carbons (Fsp3) is 0.222. The van der Waals surface area contributed by atoms with E-state index in [1.807, 2.05) is 49.4 Å². The first-order valence-corrected chi connectivity index (χ1v) is 13.5. The molecule has 4 rings (SSSR count). The number of hydrogen-bond donors (Lipinski definition) is 2. The third-order valence-electron chi connectivity index (χ3n) is 5.68. The van der Waals surface area contributed by atoms with Gasteiger partial charge in [0.2, 0.25) is 21.8 Å². The van der Waals surface area contributed by atoms with Crippen LogP contribution in [-0.2, 0) is 19.6 Å². The molecule has 8 nitrogen and oxygen atoms in total. The fourth-order valence-electron chi connectivity index (χ4n) is 4.08. The molecule has 0 saturated carbocycles. The largest absolute Gasteiger partial charge is 0.354 e. The van der Waals surface area contributed by atoms with Gasteiger partial charge >= 0.3 is 0 Å². The SMILES string of the molecule is CCCCC(=O)N(c1ccc(Nc2c3ccccc3nc3cc(NC(C)=O)ccc23)cc1)S(C)(=O)=O. The second-order valence-corrected chi connectivity index (χ2v) is 10.4. The second-order valence-electron chi connectivity index (χ2n) is 8.61. The monoisotopic (exact) mass is 504 g/mol. The van der Waals surface area contributed by atoms with Crippen molar-refractivity contribution in [2.75, 3.05) is 21.2 Å². The molecule has 0 radical (unpaired) electrons. The smallest absolute Gasteiger partial charge is 0.240 e. The molecule has 9 heteroatoms. The van der Waals surface area contributed by atoms with Crippen LogP contribution in [0.4, 0.5) is 22.7 Å². The number of nitrogens with zero attached hydrogens (tertiary/aromatic N) is 2. The van der Waals surface area contributed by atoms with Gasteiger partial charge in [0.1, 0.15) is 0 Å². The molecule has 1 aromatic heterocycles. The van der Waals surface area contributed by atoms with Crippen LogP contribution in [0.5, 0.6) is 0 Å². The molecule has 0 fully saturated rings. The molecule has 0 aliphatic carbocycles. The molecule has 2 amide bonds. The van der Waals surface area contributed by atoms with Gasteiger partial charge < -0.3 is 10.6 Å². The van der Waals surface area contributed by atoms with E-state index in [1.54, 1.807) is 24.3 Å². The summed E-state index contributed by atoms with van der Waals surface area (Å²) < 4.78 is 25.6. The summed E-state index contributed by atoms with van der Waals surface area (Å²) >= 11 is 0. The Hall–Kier alpha value is -3.98. The zero-order valence-electron chi connectivity index (χ0n) is 20.4. The summed E-state index contributed by atoms with van der Waals surface area (Å²) in [5, 5.41) is 7.99. The van der Waals surface area contributed by atoms with E-state index in [-0.39, 0.29) is 12.3 Å². The van der Waals surface area contributed by atoms with E-state index in [1.165, 1.54) is 6.92 Å². The molecule has 36 heavy (non-hydrogen) atoms. The van der Waals surface area contributed by atoms with Gasteiger partial charge in [0, 0.05) is 35.5 Å². The van der Waals surface area contributed by atoms with Crippen LogP contribution in [-0.4, -0.2) is 31.5 Å². The van der Waals surface area contributed by atoms with Gasteiger partial charge in [0.25, 0.3) is 0 Å². The predicted molar refractivity (Wildman–Crippen MR) is 145 cm³/mol. The van der Waals surface area contributed by atoms with Crippen LogP contribution < -0.4 is 14.9 Å². The molecule has 0 aliphatic rings. The van der Waals surface area contributed by atoms with E-state index in [0.29, 0.717) is 23.3 Å². The molecule has 186 valence electrons. The highest BCUT2D eigenvalue weighted by atomic mass is 32.2. The Morgan fingerprint density at radius 3 is 2.25 bits per heavy atom.